The first kappa shape index (κ1) is 15.6. The van der Waals surface area contributed by atoms with Gasteiger partial charge in [0.1, 0.15) is 0 Å². The number of sulfonamides is 1. The van der Waals surface area contributed by atoms with E-state index in [1.54, 1.807) is 0 Å². The molecule has 0 saturated carbocycles. The minimum atomic E-state index is -3.89. The van der Waals surface area contributed by atoms with Gasteiger partial charge in [-0.3, -0.25) is 4.79 Å². The molecule has 0 aliphatic heterocycles. The summed E-state index contributed by atoms with van der Waals surface area (Å²) in [5, 5.41) is 8.39. The third-order valence-corrected chi connectivity index (χ3v) is 4.50. The van der Waals surface area contributed by atoms with E-state index in [0.717, 1.165) is 6.26 Å². The molecule has 106 valence electrons. The predicted octanol–water partition coefficient (Wildman–Crippen LogP) is -0.406. The topological polar surface area (TPSA) is 118 Å². The van der Waals surface area contributed by atoms with Crippen molar-refractivity contribution >= 4 is 25.8 Å². The molecule has 1 rings (SSSR count). The first-order valence-electron chi connectivity index (χ1n) is 5.08. The highest BCUT2D eigenvalue weighted by atomic mass is 32.2. The molecule has 0 aromatic heterocycles. The number of aliphatic carboxylic acids is 1. The Kier molecular flexibility index (Phi) is 4.66. The van der Waals surface area contributed by atoms with E-state index >= 15 is 0 Å². The third kappa shape index (κ3) is 5.37. The van der Waals surface area contributed by atoms with Crippen molar-refractivity contribution in [2.24, 2.45) is 0 Å². The fraction of sp³-hybridized carbons (Fsp3) is 0.300. The summed E-state index contributed by atoms with van der Waals surface area (Å²) in [5.41, 5.74) is 0.529. The van der Waals surface area contributed by atoms with Gasteiger partial charge in [-0.1, -0.05) is 12.1 Å². The predicted molar refractivity (Wildman–Crippen MR) is 67.8 cm³/mol. The van der Waals surface area contributed by atoms with E-state index in [2.05, 4.69) is 4.72 Å². The number of hydrogen-bond acceptors (Lipinski definition) is 5. The van der Waals surface area contributed by atoms with E-state index in [0.29, 0.717) is 5.56 Å². The van der Waals surface area contributed by atoms with Gasteiger partial charge in [-0.25, -0.2) is 21.6 Å². The fourth-order valence-corrected chi connectivity index (χ4v) is 2.71. The molecule has 0 spiro atoms. The van der Waals surface area contributed by atoms with E-state index < -0.39 is 31.6 Å². The van der Waals surface area contributed by atoms with Crippen LogP contribution in [0.1, 0.15) is 5.56 Å². The molecular formula is C10H13NO6S2. The molecule has 1 aromatic rings. The number of carboxylic acids is 1. The smallest absolute Gasteiger partial charge is 0.320 e. The molecule has 0 heterocycles. The van der Waals surface area contributed by atoms with E-state index in [1.807, 2.05) is 0 Å². The molecule has 2 N–H and O–H groups in total. The van der Waals surface area contributed by atoms with E-state index in [-0.39, 0.29) is 11.4 Å². The van der Waals surface area contributed by atoms with Gasteiger partial charge < -0.3 is 5.11 Å². The summed E-state index contributed by atoms with van der Waals surface area (Å²) in [4.78, 5) is 10.4. The van der Waals surface area contributed by atoms with Gasteiger partial charge >= 0.3 is 5.97 Å². The van der Waals surface area contributed by atoms with Crippen molar-refractivity contribution in [1.29, 1.82) is 0 Å². The second kappa shape index (κ2) is 5.68. The molecule has 1 aromatic carbocycles. The molecule has 0 unspecified atom stereocenters. The Morgan fingerprint density at radius 3 is 2.11 bits per heavy atom. The largest absolute Gasteiger partial charge is 0.480 e. The quantitative estimate of drug-likeness (QED) is 0.738. The summed E-state index contributed by atoms with van der Waals surface area (Å²) in [6.45, 7) is -0.0976. The maximum Gasteiger partial charge on any atom is 0.320 e. The Morgan fingerprint density at radius 2 is 1.68 bits per heavy atom. The summed E-state index contributed by atoms with van der Waals surface area (Å²) >= 11 is 0. The van der Waals surface area contributed by atoms with Gasteiger partial charge in [0.15, 0.2) is 15.6 Å². The highest BCUT2D eigenvalue weighted by Crippen LogP contribution is 2.10. The molecule has 0 amide bonds. The molecule has 0 saturated heterocycles. The Morgan fingerprint density at radius 1 is 1.16 bits per heavy atom. The van der Waals surface area contributed by atoms with Crippen molar-refractivity contribution in [2.75, 3.05) is 12.0 Å². The van der Waals surface area contributed by atoms with Crippen LogP contribution in [0.4, 0.5) is 0 Å². The normalized spacial score (nSPS) is 12.3. The van der Waals surface area contributed by atoms with E-state index in [4.69, 9.17) is 5.11 Å². The van der Waals surface area contributed by atoms with Crippen LogP contribution in [-0.2, 0) is 31.2 Å². The average Bonchev–Trinajstić information content (AvgIpc) is 2.24. The molecule has 0 atom stereocenters. The highest BCUT2D eigenvalue weighted by Gasteiger charge is 2.15. The number of carbonyl (C=O) groups is 1. The molecule has 9 heteroatoms. The first-order valence-corrected chi connectivity index (χ1v) is 8.63. The third-order valence-electron chi connectivity index (χ3n) is 2.16. The lowest BCUT2D eigenvalue weighted by atomic mass is 10.2. The second-order valence-electron chi connectivity index (χ2n) is 3.89. The van der Waals surface area contributed by atoms with Crippen LogP contribution in [-0.4, -0.2) is 39.9 Å². The summed E-state index contributed by atoms with van der Waals surface area (Å²) in [7, 11) is -7.18. The van der Waals surface area contributed by atoms with Crippen LogP contribution in [0, 0.1) is 0 Å². The summed E-state index contributed by atoms with van der Waals surface area (Å²) in [6, 6.07) is 5.63. The van der Waals surface area contributed by atoms with Crippen molar-refractivity contribution in [2.45, 2.75) is 11.4 Å². The maximum atomic E-state index is 11.3. The zero-order chi connectivity index (χ0) is 14.7. The Hall–Kier alpha value is -1.45. The number of sulfone groups is 1. The zero-order valence-electron chi connectivity index (χ0n) is 10.0. The van der Waals surface area contributed by atoms with Gasteiger partial charge in [0.05, 0.1) is 4.90 Å². The van der Waals surface area contributed by atoms with Gasteiger partial charge in [-0.2, -0.15) is 0 Å². The van der Waals surface area contributed by atoms with Crippen LogP contribution in [0.25, 0.3) is 0 Å². The van der Waals surface area contributed by atoms with Crippen molar-refractivity contribution in [1.82, 2.24) is 4.72 Å². The van der Waals surface area contributed by atoms with Crippen LogP contribution >= 0.6 is 0 Å². The standard InChI is InChI=1S/C10H13NO6S2/c1-18(14,15)9-4-2-8(3-5-9)6-11-19(16,17)7-10(12)13/h2-5,11H,6-7H2,1H3,(H,12,13). The van der Waals surface area contributed by atoms with Crippen LogP contribution in [0.3, 0.4) is 0 Å². The summed E-state index contributed by atoms with van der Waals surface area (Å²) in [6.07, 6.45) is 1.07. The molecule has 19 heavy (non-hydrogen) atoms. The van der Waals surface area contributed by atoms with Gasteiger partial charge in [0.25, 0.3) is 0 Å². The minimum absolute atomic E-state index is 0.0976. The minimum Gasteiger partial charge on any atom is -0.480 e. The maximum absolute atomic E-state index is 11.3. The number of nitrogens with one attached hydrogen (secondary N) is 1. The van der Waals surface area contributed by atoms with Crippen molar-refractivity contribution in [3.8, 4) is 0 Å². The molecular weight excluding hydrogens is 294 g/mol. The Balaban J connectivity index is 2.73. The van der Waals surface area contributed by atoms with Gasteiger partial charge in [-0.05, 0) is 17.7 Å². The number of rotatable bonds is 6. The summed E-state index contributed by atoms with van der Waals surface area (Å²) in [5.74, 6) is -2.45. The molecule has 0 bridgehead atoms. The number of hydrogen-bond donors (Lipinski definition) is 2. The lowest BCUT2D eigenvalue weighted by molar-refractivity contribution is -0.134. The molecule has 0 radical (unpaired) electrons. The van der Waals surface area contributed by atoms with Gasteiger partial charge in [0.2, 0.25) is 10.0 Å². The lowest BCUT2D eigenvalue weighted by Crippen LogP contribution is -2.29. The number of benzene rings is 1. The van der Waals surface area contributed by atoms with Crippen molar-refractivity contribution in [3.63, 3.8) is 0 Å². The van der Waals surface area contributed by atoms with Crippen molar-refractivity contribution < 1.29 is 26.7 Å². The van der Waals surface area contributed by atoms with Crippen LogP contribution in [0.2, 0.25) is 0 Å². The van der Waals surface area contributed by atoms with Crippen molar-refractivity contribution in [3.05, 3.63) is 29.8 Å². The van der Waals surface area contributed by atoms with Crippen LogP contribution < -0.4 is 4.72 Å². The highest BCUT2D eigenvalue weighted by molar-refractivity contribution is 7.90. The number of carboxylic acid groups (broad SMARTS) is 1. The van der Waals surface area contributed by atoms with Gasteiger partial charge in [-0.15, -0.1) is 0 Å². The SMILES string of the molecule is CS(=O)(=O)c1ccc(CNS(=O)(=O)CC(=O)O)cc1. The lowest BCUT2D eigenvalue weighted by Gasteiger charge is -2.05. The zero-order valence-corrected chi connectivity index (χ0v) is 11.7. The van der Waals surface area contributed by atoms with E-state index in [9.17, 15) is 21.6 Å². The molecule has 0 fully saturated rings. The monoisotopic (exact) mass is 307 g/mol. The molecule has 0 aliphatic rings. The van der Waals surface area contributed by atoms with Crippen LogP contribution in [0.5, 0.6) is 0 Å². The Labute approximate surface area is 111 Å². The first-order chi connectivity index (χ1) is 8.60. The molecule has 7 nitrogen and oxygen atoms in total. The summed E-state index contributed by atoms with van der Waals surface area (Å²) < 4.78 is 47.0. The fourth-order valence-electron chi connectivity index (χ4n) is 1.26. The van der Waals surface area contributed by atoms with Gasteiger partial charge in [0, 0.05) is 12.8 Å². The second-order valence-corrected chi connectivity index (χ2v) is 7.71. The average molecular weight is 307 g/mol. The Bertz CT molecular complexity index is 660. The van der Waals surface area contributed by atoms with E-state index in [1.165, 1.54) is 24.3 Å². The molecule has 0 aliphatic carbocycles. The van der Waals surface area contributed by atoms with Crippen LogP contribution in [0.15, 0.2) is 29.2 Å².